The number of piperidine rings is 2. The fourth-order valence-corrected chi connectivity index (χ4v) is 4.22. The van der Waals surface area contributed by atoms with Crippen LogP contribution >= 0.6 is 0 Å². The minimum Gasteiger partial charge on any atom is -0.466 e. The van der Waals surface area contributed by atoms with Crippen LogP contribution in [0, 0.1) is 11.8 Å². The highest BCUT2D eigenvalue weighted by Gasteiger charge is 2.34. The molecule has 0 aromatic heterocycles. The lowest BCUT2D eigenvalue weighted by molar-refractivity contribution is -0.152. The van der Waals surface area contributed by atoms with Crippen LogP contribution in [0.2, 0.25) is 0 Å². The second kappa shape index (κ2) is 10.9. The second-order valence-electron chi connectivity index (χ2n) is 8.08. The number of amides is 3. The van der Waals surface area contributed by atoms with Crippen molar-refractivity contribution in [2.24, 2.45) is 11.8 Å². The van der Waals surface area contributed by atoms with Gasteiger partial charge in [0.25, 0.3) is 5.91 Å². The van der Waals surface area contributed by atoms with Gasteiger partial charge in [-0.05, 0) is 44.7 Å². The standard InChI is InChI=1S/C23H31N3O5/c1-2-31-23(30)19-9-6-12-26(16-19)22(29)18-10-13-25(14-11-18)20(27)15-24-21(28)17-7-4-3-5-8-17/h3-5,7-8,18-19H,2,6,9-16H2,1H3,(H,24,28)/t19-/m1/s1. The van der Waals surface area contributed by atoms with Gasteiger partial charge in [-0.2, -0.15) is 0 Å². The molecule has 8 nitrogen and oxygen atoms in total. The molecule has 2 saturated heterocycles. The molecule has 2 fully saturated rings. The molecule has 1 atom stereocenters. The average Bonchev–Trinajstić information content (AvgIpc) is 2.82. The number of carbonyl (C=O) groups is 4. The van der Waals surface area contributed by atoms with Crippen molar-refractivity contribution in [2.45, 2.75) is 32.6 Å². The SMILES string of the molecule is CCOC(=O)[C@@H]1CCCN(C(=O)C2CCN(C(=O)CNC(=O)c3ccccc3)CC2)C1. The van der Waals surface area contributed by atoms with Gasteiger partial charge < -0.3 is 19.9 Å². The lowest BCUT2D eigenvalue weighted by Crippen LogP contribution is -2.49. The highest BCUT2D eigenvalue weighted by Crippen LogP contribution is 2.24. The van der Waals surface area contributed by atoms with E-state index >= 15 is 0 Å². The van der Waals surface area contributed by atoms with Crippen molar-refractivity contribution in [3.05, 3.63) is 35.9 Å². The first-order valence-corrected chi connectivity index (χ1v) is 11.1. The van der Waals surface area contributed by atoms with Crippen LogP contribution in [0.3, 0.4) is 0 Å². The number of hydrogen-bond donors (Lipinski definition) is 1. The van der Waals surface area contributed by atoms with E-state index in [0.717, 1.165) is 12.8 Å². The van der Waals surface area contributed by atoms with Gasteiger partial charge in [0, 0.05) is 37.7 Å². The molecule has 0 radical (unpaired) electrons. The van der Waals surface area contributed by atoms with Gasteiger partial charge in [-0.3, -0.25) is 19.2 Å². The predicted octanol–water partition coefficient (Wildman–Crippen LogP) is 1.46. The van der Waals surface area contributed by atoms with Crippen LogP contribution in [0.25, 0.3) is 0 Å². The maximum absolute atomic E-state index is 12.9. The van der Waals surface area contributed by atoms with E-state index in [0.29, 0.717) is 51.2 Å². The first kappa shape index (κ1) is 22.8. The first-order chi connectivity index (χ1) is 15.0. The Hall–Kier alpha value is -2.90. The highest BCUT2D eigenvalue weighted by atomic mass is 16.5. The van der Waals surface area contributed by atoms with Crippen LogP contribution < -0.4 is 5.32 Å². The maximum Gasteiger partial charge on any atom is 0.310 e. The van der Waals surface area contributed by atoms with E-state index in [4.69, 9.17) is 4.74 Å². The zero-order valence-corrected chi connectivity index (χ0v) is 18.0. The average molecular weight is 430 g/mol. The zero-order chi connectivity index (χ0) is 22.2. The summed E-state index contributed by atoms with van der Waals surface area (Å²) in [5.41, 5.74) is 0.516. The molecule has 1 aromatic carbocycles. The van der Waals surface area contributed by atoms with Gasteiger partial charge in [-0.1, -0.05) is 18.2 Å². The number of hydrogen-bond acceptors (Lipinski definition) is 5. The van der Waals surface area contributed by atoms with Gasteiger partial charge in [0.1, 0.15) is 0 Å². The second-order valence-corrected chi connectivity index (χ2v) is 8.08. The van der Waals surface area contributed by atoms with Crippen LogP contribution in [-0.2, 0) is 19.1 Å². The Balaban J connectivity index is 1.43. The molecular weight excluding hydrogens is 398 g/mol. The smallest absolute Gasteiger partial charge is 0.310 e. The number of benzene rings is 1. The minimum absolute atomic E-state index is 0.0559. The number of nitrogens with zero attached hydrogens (tertiary/aromatic N) is 2. The summed E-state index contributed by atoms with van der Waals surface area (Å²) in [6, 6.07) is 8.77. The number of carbonyl (C=O) groups excluding carboxylic acids is 4. The molecule has 3 rings (SSSR count). The Kier molecular flexibility index (Phi) is 8.03. The fraction of sp³-hybridized carbons (Fsp3) is 0.565. The van der Waals surface area contributed by atoms with E-state index < -0.39 is 0 Å². The molecule has 0 saturated carbocycles. The molecule has 1 aromatic rings. The molecule has 0 spiro atoms. The van der Waals surface area contributed by atoms with Crippen molar-refractivity contribution in [3.8, 4) is 0 Å². The third kappa shape index (κ3) is 6.06. The number of likely N-dealkylation sites (tertiary alicyclic amines) is 2. The van der Waals surface area contributed by atoms with Crippen molar-refractivity contribution in [1.29, 1.82) is 0 Å². The van der Waals surface area contributed by atoms with E-state index in [1.807, 2.05) is 6.07 Å². The Morgan fingerprint density at radius 3 is 2.35 bits per heavy atom. The highest BCUT2D eigenvalue weighted by molar-refractivity contribution is 5.96. The predicted molar refractivity (Wildman–Crippen MR) is 114 cm³/mol. The molecule has 2 aliphatic heterocycles. The van der Waals surface area contributed by atoms with E-state index in [9.17, 15) is 19.2 Å². The first-order valence-electron chi connectivity index (χ1n) is 11.1. The monoisotopic (exact) mass is 429 g/mol. The van der Waals surface area contributed by atoms with Crippen molar-refractivity contribution in [2.75, 3.05) is 39.3 Å². The Labute approximate surface area is 182 Å². The van der Waals surface area contributed by atoms with Crippen molar-refractivity contribution >= 4 is 23.7 Å². The summed E-state index contributed by atoms with van der Waals surface area (Å²) in [5, 5.41) is 2.66. The maximum atomic E-state index is 12.9. The number of rotatable bonds is 6. The molecule has 31 heavy (non-hydrogen) atoms. The third-order valence-electron chi connectivity index (χ3n) is 5.99. The van der Waals surface area contributed by atoms with Gasteiger partial charge >= 0.3 is 5.97 Å². The summed E-state index contributed by atoms with van der Waals surface area (Å²) in [6.07, 6.45) is 2.74. The summed E-state index contributed by atoms with van der Waals surface area (Å²) in [6.45, 7) is 4.14. The van der Waals surface area contributed by atoms with E-state index in [-0.39, 0.29) is 42.1 Å². The largest absolute Gasteiger partial charge is 0.466 e. The quantitative estimate of drug-likeness (QED) is 0.691. The number of nitrogens with one attached hydrogen (secondary N) is 1. The third-order valence-corrected chi connectivity index (χ3v) is 5.99. The van der Waals surface area contributed by atoms with E-state index in [2.05, 4.69) is 5.32 Å². The molecule has 0 bridgehead atoms. The lowest BCUT2D eigenvalue weighted by Gasteiger charge is -2.37. The van der Waals surface area contributed by atoms with Gasteiger partial charge in [0.05, 0.1) is 19.1 Å². The van der Waals surface area contributed by atoms with Crippen LogP contribution in [-0.4, -0.2) is 72.8 Å². The number of esters is 1. The molecule has 2 aliphatic rings. The van der Waals surface area contributed by atoms with E-state index in [1.165, 1.54) is 0 Å². The molecule has 1 N–H and O–H groups in total. The summed E-state index contributed by atoms with van der Waals surface area (Å²) >= 11 is 0. The van der Waals surface area contributed by atoms with Crippen molar-refractivity contribution < 1.29 is 23.9 Å². The van der Waals surface area contributed by atoms with Gasteiger partial charge in [0.2, 0.25) is 11.8 Å². The molecule has 8 heteroatoms. The Morgan fingerprint density at radius 2 is 1.68 bits per heavy atom. The fourth-order valence-electron chi connectivity index (χ4n) is 4.22. The Bertz CT molecular complexity index is 790. The zero-order valence-electron chi connectivity index (χ0n) is 18.0. The van der Waals surface area contributed by atoms with Crippen LogP contribution in [0.1, 0.15) is 43.0 Å². The molecule has 3 amide bonds. The van der Waals surface area contributed by atoms with Crippen molar-refractivity contribution in [3.63, 3.8) is 0 Å². The van der Waals surface area contributed by atoms with E-state index in [1.54, 1.807) is 41.0 Å². The molecule has 0 unspecified atom stereocenters. The summed E-state index contributed by atoms with van der Waals surface area (Å²) in [7, 11) is 0. The molecule has 2 heterocycles. The summed E-state index contributed by atoms with van der Waals surface area (Å²) < 4.78 is 5.11. The van der Waals surface area contributed by atoms with Gasteiger partial charge in [-0.15, -0.1) is 0 Å². The van der Waals surface area contributed by atoms with Crippen LogP contribution in [0.5, 0.6) is 0 Å². The molecule has 0 aliphatic carbocycles. The number of ether oxygens (including phenoxy) is 1. The van der Waals surface area contributed by atoms with Gasteiger partial charge in [0.15, 0.2) is 0 Å². The van der Waals surface area contributed by atoms with Crippen LogP contribution in [0.15, 0.2) is 30.3 Å². The van der Waals surface area contributed by atoms with Crippen molar-refractivity contribution in [1.82, 2.24) is 15.1 Å². The molecular formula is C23H31N3O5. The molecule has 168 valence electrons. The van der Waals surface area contributed by atoms with Crippen LogP contribution in [0.4, 0.5) is 0 Å². The summed E-state index contributed by atoms with van der Waals surface area (Å²) in [4.78, 5) is 53.0. The normalized spacial score (nSPS) is 19.6. The topological polar surface area (TPSA) is 96.0 Å². The lowest BCUT2D eigenvalue weighted by atomic mass is 9.92. The summed E-state index contributed by atoms with van der Waals surface area (Å²) in [5.74, 6) is -0.955. The Morgan fingerprint density at radius 1 is 0.968 bits per heavy atom. The van der Waals surface area contributed by atoms with Gasteiger partial charge in [-0.25, -0.2) is 0 Å². The minimum atomic E-state index is -0.278.